The largest absolute Gasteiger partial charge is 0.315 e. The van der Waals surface area contributed by atoms with Crippen molar-refractivity contribution in [3.8, 4) is 45.3 Å². The van der Waals surface area contributed by atoms with Crippen molar-refractivity contribution in [3.63, 3.8) is 0 Å². The molecule has 0 N–H and O–H groups in total. The summed E-state index contributed by atoms with van der Waals surface area (Å²) in [5.41, 5.74) is 12.3. The summed E-state index contributed by atoms with van der Waals surface area (Å²) in [7, 11) is 0. The number of pyridine rings is 1. The van der Waals surface area contributed by atoms with Crippen LogP contribution < -0.4 is 9.48 Å². The number of hydrogen-bond donors (Lipinski definition) is 0. The van der Waals surface area contributed by atoms with Crippen LogP contribution in [0.5, 0.6) is 0 Å². The lowest BCUT2D eigenvalue weighted by atomic mass is 9.97. The second kappa shape index (κ2) is 11.4. The highest BCUT2D eigenvalue weighted by molar-refractivity contribution is 6.32. The Bertz CT molecular complexity index is 2470. The van der Waals surface area contributed by atoms with Crippen LogP contribution in [0.4, 0.5) is 22.7 Å². The minimum absolute atomic E-state index is 0.108. The van der Waals surface area contributed by atoms with Crippen LogP contribution >= 0.6 is 0 Å². The number of hydrogen-bond acceptors (Lipinski definition) is 6. The van der Waals surface area contributed by atoms with Crippen molar-refractivity contribution in [2.45, 2.75) is 6.04 Å². The third kappa shape index (κ3) is 4.52. The maximum Gasteiger partial charge on any atom is 0.236 e. The fraction of sp³-hybridized carbons (Fsp3) is 0.0233. The minimum Gasteiger partial charge on any atom is -0.315 e. The Hall–Kier alpha value is -6.86. The van der Waals surface area contributed by atoms with Crippen molar-refractivity contribution in [1.82, 2.24) is 24.5 Å². The third-order valence-corrected chi connectivity index (χ3v) is 9.47. The second-order valence-electron chi connectivity index (χ2n) is 12.4. The molecule has 50 heavy (non-hydrogen) atoms. The van der Waals surface area contributed by atoms with Gasteiger partial charge in [0.25, 0.3) is 0 Å². The van der Waals surface area contributed by atoms with E-state index in [9.17, 15) is 0 Å². The molecule has 10 rings (SSSR count). The van der Waals surface area contributed by atoms with Gasteiger partial charge < -0.3 is 4.90 Å². The summed E-state index contributed by atoms with van der Waals surface area (Å²) >= 11 is 0. The molecule has 7 aromatic rings. The maximum atomic E-state index is 5.05. The zero-order valence-electron chi connectivity index (χ0n) is 26.8. The summed E-state index contributed by atoms with van der Waals surface area (Å²) in [6, 6.07) is 49.9. The molecule has 234 valence electrons. The van der Waals surface area contributed by atoms with E-state index in [1.165, 1.54) is 5.56 Å². The van der Waals surface area contributed by atoms with Crippen molar-refractivity contribution < 1.29 is 0 Å². The molecule has 7 nitrogen and oxygen atoms in total. The molecule has 5 heterocycles. The van der Waals surface area contributed by atoms with Gasteiger partial charge in [-0.3, -0.25) is 9.98 Å². The van der Waals surface area contributed by atoms with E-state index < -0.39 is 0 Å². The lowest BCUT2D eigenvalue weighted by molar-refractivity contribution is 0.937. The average Bonchev–Trinajstić information content (AvgIpc) is 3.54. The Morgan fingerprint density at radius 1 is 0.520 bits per heavy atom. The molecule has 3 aliphatic rings. The topological polar surface area (TPSA) is 70.2 Å². The van der Waals surface area contributed by atoms with E-state index in [1.807, 2.05) is 85.2 Å². The van der Waals surface area contributed by atoms with Crippen LogP contribution in [0.3, 0.4) is 0 Å². The smallest absolute Gasteiger partial charge is 0.236 e. The molecular weight excluding hydrogens is 615 g/mol. The Morgan fingerprint density at radius 3 is 1.76 bits per heavy atom. The summed E-state index contributed by atoms with van der Waals surface area (Å²) in [5.74, 6) is 1.87. The van der Waals surface area contributed by atoms with E-state index in [4.69, 9.17) is 24.9 Å². The van der Waals surface area contributed by atoms with Gasteiger partial charge in [-0.2, -0.15) is 4.58 Å². The Kier molecular flexibility index (Phi) is 6.42. The molecule has 1 unspecified atom stereocenters. The van der Waals surface area contributed by atoms with Gasteiger partial charge in [-0.05, 0) is 47.5 Å². The Balaban J connectivity index is 1.19. The first-order chi connectivity index (χ1) is 24.8. The number of nitrogens with zero attached hydrogens (tertiary/aromatic N) is 7. The first-order valence-corrected chi connectivity index (χ1v) is 16.6. The predicted octanol–water partition coefficient (Wildman–Crippen LogP) is 9.06. The number of aromatic nitrogens is 4. The van der Waals surface area contributed by atoms with E-state index >= 15 is 0 Å². The second-order valence-corrected chi connectivity index (χ2v) is 12.4. The van der Waals surface area contributed by atoms with E-state index in [-0.39, 0.29) is 6.04 Å². The summed E-state index contributed by atoms with van der Waals surface area (Å²) < 4.78 is 2.35. The van der Waals surface area contributed by atoms with Crippen LogP contribution in [0.25, 0.3) is 45.3 Å². The van der Waals surface area contributed by atoms with Gasteiger partial charge in [0.2, 0.25) is 17.1 Å². The molecule has 3 aliphatic heterocycles. The molecule has 0 amide bonds. The predicted molar refractivity (Wildman–Crippen MR) is 200 cm³/mol. The van der Waals surface area contributed by atoms with E-state index in [2.05, 4.69) is 88.3 Å². The number of aliphatic imine (C=N–C) groups is 1. The third-order valence-electron chi connectivity index (χ3n) is 9.47. The fourth-order valence-corrected chi connectivity index (χ4v) is 7.18. The van der Waals surface area contributed by atoms with Crippen LogP contribution in [-0.4, -0.2) is 37.4 Å². The summed E-state index contributed by atoms with van der Waals surface area (Å²) in [5, 5.41) is 0. The van der Waals surface area contributed by atoms with Crippen molar-refractivity contribution in [3.05, 3.63) is 170 Å². The zero-order valence-corrected chi connectivity index (χ0v) is 26.8. The van der Waals surface area contributed by atoms with Gasteiger partial charge in [0.1, 0.15) is 17.1 Å². The van der Waals surface area contributed by atoms with Crippen molar-refractivity contribution >= 4 is 34.2 Å². The van der Waals surface area contributed by atoms with Gasteiger partial charge in [-0.15, -0.1) is 0 Å². The van der Waals surface area contributed by atoms with Gasteiger partial charge in [-0.1, -0.05) is 91.0 Å². The highest BCUT2D eigenvalue weighted by Gasteiger charge is 2.50. The zero-order chi connectivity index (χ0) is 33.0. The van der Waals surface area contributed by atoms with Gasteiger partial charge in [-0.25, -0.2) is 15.0 Å². The van der Waals surface area contributed by atoms with Crippen molar-refractivity contribution in [2.75, 3.05) is 4.90 Å². The summed E-state index contributed by atoms with van der Waals surface area (Å²) in [4.78, 5) is 27.1. The molecule has 0 fully saturated rings. The number of rotatable bonds is 5. The van der Waals surface area contributed by atoms with Crippen LogP contribution in [-0.2, 0) is 0 Å². The maximum absolute atomic E-state index is 5.05. The monoisotopic (exact) mass is 642 g/mol. The van der Waals surface area contributed by atoms with Crippen LogP contribution in [0.2, 0.25) is 0 Å². The lowest BCUT2D eigenvalue weighted by Crippen LogP contribution is -2.47. The summed E-state index contributed by atoms with van der Waals surface area (Å²) in [6.07, 6.45) is 5.86. The molecule has 0 radical (unpaired) electrons. The standard InChI is InChI=1S/C43H28N7/c1-4-11-28(12-5-1)29-18-21-33(22-19-29)49-36-24-26-45-39-38-35(17-10-25-44-38)50(40(36)39)34-23-20-32(27-37(34)49)43-47-41(30-13-6-2-7-14-30)46-42(48-43)31-15-8-3-9-16-31/h1-27,40H/q+1. The van der Waals surface area contributed by atoms with E-state index in [1.54, 1.807) is 0 Å². The molecule has 5 aromatic carbocycles. The van der Waals surface area contributed by atoms with Crippen molar-refractivity contribution in [1.29, 1.82) is 0 Å². The number of fused-ring (bicyclic) bond motifs is 5. The lowest BCUT2D eigenvalue weighted by Gasteiger charge is -2.32. The highest BCUT2D eigenvalue weighted by Crippen LogP contribution is 2.48. The van der Waals surface area contributed by atoms with E-state index in [0.717, 1.165) is 62.1 Å². The van der Waals surface area contributed by atoms with Gasteiger partial charge in [0.05, 0.1) is 5.69 Å². The van der Waals surface area contributed by atoms with Gasteiger partial charge >= 0.3 is 0 Å². The SMILES string of the molecule is C1=CC2=[N+](c3ccc(-c4ccccc4)cc3)c3cc(-c4nc(-c5ccccc5)nc(-c5ccccc5)n4)ccc3N3c4cccnc4C(=N1)C23. The summed E-state index contributed by atoms with van der Waals surface area (Å²) in [6.45, 7) is 0. The highest BCUT2D eigenvalue weighted by atomic mass is 15.3. The normalized spacial score (nSPS) is 15.3. The van der Waals surface area contributed by atoms with Crippen LogP contribution in [0.15, 0.2) is 169 Å². The molecule has 7 heteroatoms. The molecule has 0 saturated carbocycles. The number of anilines is 2. The molecule has 1 atom stereocenters. The Labute approximate surface area is 289 Å². The molecule has 0 aliphatic carbocycles. The number of benzene rings is 5. The molecule has 0 bridgehead atoms. The van der Waals surface area contributed by atoms with Crippen LogP contribution in [0, 0.1) is 0 Å². The van der Waals surface area contributed by atoms with Gasteiger partial charge in [0, 0.05) is 53.4 Å². The fourth-order valence-electron chi connectivity index (χ4n) is 7.18. The first kappa shape index (κ1) is 28.2. The molecular formula is C43H28N7+. The van der Waals surface area contributed by atoms with E-state index in [0.29, 0.717) is 17.5 Å². The van der Waals surface area contributed by atoms with Gasteiger partial charge in [0.15, 0.2) is 23.5 Å². The first-order valence-electron chi connectivity index (χ1n) is 16.6. The molecule has 0 saturated heterocycles. The average molecular weight is 643 g/mol. The quantitative estimate of drug-likeness (QED) is 0.175. The minimum atomic E-state index is -0.108. The Morgan fingerprint density at radius 2 is 1.10 bits per heavy atom. The van der Waals surface area contributed by atoms with Crippen LogP contribution in [0.1, 0.15) is 5.69 Å². The molecule has 0 spiro atoms. The van der Waals surface area contributed by atoms with Crippen molar-refractivity contribution in [2.24, 2.45) is 4.99 Å². The molecule has 2 aromatic heterocycles.